The molecule has 0 aromatic heterocycles. The Morgan fingerprint density at radius 1 is 1.20 bits per heavy atom. The van der Waals surface area contributed by atoms with E-state index < -0.39 is 13.3 Å². The fourth-order valence-corrected chi connectivity index (χ4v) is 0. The van der Waals surface area contributed by atoms with Crippen molar-refractivity contribution < 1.29 is 0 Å². The number of rotatable bonds is 0. The third-order valence-corrected chi connectivity index (χ3v) is 0. The van der Waals surface area contributed by atoms with Crippen LogP contribution in [0.4, 0.5) is 0 Å². The summed E-state index contributed by atoms with van der Waals surface area (Å²) >= 11 is -1.25. The van der Waals surface area contributed by atoms with Gasteiger partial charge in [-0.05, 0) is 0 Å². The molecule has 0 N–H and O–H groups in total. The third kappa shape index (κ3) is 99.7. The molecular weight excluding hydrogens is 121 g/mol. The van der Waals surface area contributed by atoms with E-state index in [4.69, 9.17) is 0 Å². The summed E-state index contributed by atoms with van der Waals surface area (Å²) in [6, 6.07) is 0. The van der Waals surface area contributed by atoms with Crippen LogP contribution in [0.3, 0.4) is 0 Å². The van der Waals surface area contributed by atoms with Gasteiger partial charge in [-0.3, -0.25) is 0 Å². The van der Waals surface area contributed by atoms with E-state index in [2.05, 4.69) is 23.0 Å². The number of hydrogen-bond acceptors (Lipinski definition) is 0. The van der Waals surface area contributed by atoms with Crippen molar-refractivity contribution in [1.29, 1.82) is 0 Å². The Kier molecular flexibility index (Phi) is 1.48. The summed E-state index contributed by atoms with van der Waals surface area (Å²) < 4.78 is 0. The van der Waals surface area contributed by atoms with Crippen LogP contribution < -0.4 is 0 Å². The van der Waals surface area contributed by atoms with Crippen molar-refractivity contribution >= 4 is 13.3 Å². The van der Waals surface area contributed by atoms with Crippen molar-refractivity contribution in [2.45, 2.75) is 17.3 Å². The zero-order valence-corrected chi connectivity index (χ0v) is 6.31. The normalized spacial score (nSPS) is 12.0. The van der Waals surface area contributed by atoms with Gasteiger partial charge < -0.3 is 0 Å². The molecule has 0 heterocycles. The zero-order valence-electron chi connectivity index (χ0n) is 4.21. The molecular formula is C4H11Ge. The second-order valence-corrected chi connectivity index (χ2v) is 13.3. The Bertz CT molecular complexity index is 19.1. The molecule has 1 radical (unpaired) electrons. The first-order valence-corrected chi connectivity index (χ1v) is 9.63. The minimum absolute atomic E-state index is 1.25. The summed E-state index contributed by atoms with van der Waals surface area (Å²) in [7, 11) is 0. The molecule has 0 aromatic rings. The molecule has 0 saturated heterocycles. The van der Waals surface area contributed by atoms with E-state index in [1.807, 2.05) is 0 Å². The molecule has 0 spiro atoms. The standard InChI is InChI=1S/C4H11Ge/c1-5(2,3)4/h1H2,2-4H3. The molecule has 0 rings (SSSR count). The van der Waals surface area contributed by atoms with Crippen molar-refractivity contribution in [3.8, 4) is 0 Å². The van der Waals surface area contributed by atoms with Crippen LogP contribution in [0.15, 0.2) is 0 Å². The first-order valence-electron chi connectivity index (χ1n) is 1.85. The third-order valence-electron chi connectivity index (χ3n) is 0. The average molecular weight is 132 g/mol. The van der Waals surface area contributed by atoms with Gasteiger partial charge in [0.15, 0.2) is 0 Å². The fourth-order valence-electron chi connectivity index (χ4n) is 0. The Hall–Kier alpha value is 0.543. The van der Waals surface area contributed by atoms with Gasteiger partial charge in [0.25, 0.3) is 0 Å². The molecule has 31 valence electrons. The Morgan fingerprint density at radius 3 is 1.20 bits per heavy atom. The number of hydrogen-bond donors (Lipinski definition) is 0. The molecule has 0 amide bonds. The monoisotopic (exact) mass is 133 g/mol. The fraction of sp³-hybridized carbons (Fsp3) is 0.750. The molecule has 0 atom stereocenters. The van der Waals surface area contributed by atoms with Crippen LogP contribution in [-0.4, -0.2) is 13.3 Å². The van der Waals surface area contributed by atoms with Crippen LogP contribution in [0.2, 0.25) is 17.3 Å². The van der Waals surface area contributed by atoms with E-state index in [0.29, 0.717) is 0 Å². The molecule has 0 unspecified atom stereocenters. The van der Waals surface area contributed by atoms with Gasteiger partial charge in [0.2, 0.25) is 0 Å². The molecule has 0 aliphatic carbocycles. The maximum absolute atomic E-state index is 3.96. The van der Waals surface area contributed by atoms with Crippen molar-refractivity contribution in [1.82, 2.24) is 0 Å². The zero-order chi connectivity index (χ0) is 4.50. The Morgan fingerprint density at radius 2 is 1.20 bits per heavy atom. The summed E-state index contributed by atoms with van der Waals surface area (Å²) in [6.45, 7) is 0. The Balaban J connectivity index is 3.02. The molecule has 0 aromatic carbocycles. The first kappa shape index (κ1) is 5.54. The molecule has 0 nitrogen and oxygen atoms in total. The van der Waals surface area contributed by atoms with Crippen LogP contribution in [0.25, 0.3) is 0 Å². The van der Waals surface area contributed by atoms with Gasteiger partial charge in [0, 0.05) is 0 Å². The molecule has 0 aliphatic heterocycles. The topological polar surface area (TPSA) is 0 Å². The van der Waals surface area contributed by atoms with E-state index in [9.17, 15) is 0 Å². The predicted molar refractivity (Wildman–Crippen MR) is 28.7 cm³/mol. The van der Waals surface area contributed by atoms with E-state index >= 15 is 0 Å². The quantitative estimate of drug-likeness (QED) is 0.439. The van der Waals surface area contributed by atoms with E-state index in [-0.39, 0.29) is 0 Å². The van der Waals surface area contributed by atoms with Gasteiger partial charge in [-0.25, -0.2) is 0 Å². The van der Waals surface area contributed by atoms with Crippen LogP contribution in [-0.2, 0) is 0 Å². The van der Waals surface area contributed by atoms with Crippen molar-refractivity contribution in [2.75, 3.05) is 0 Å². The molecule has 0 aliphatic rings. The molecule has 0 saturated carbocycles. The van der Waals surface area contributed by atoms with Crippen molar-refractivity contribution in [2.24, 2.45) is 0 Å². The van der Waals surface area contributed by atoms with Crippen LogP contribution >= 0.6 is 0 Å². The van der Waals surface area contributed by atoms with Gasteiger partial charge in [-0.15, -0.1) is 0 Å². The van der Waals surface area contributed by atoms with E-state index in [1.54, 1.807) is 0 Å². The van der Waals surface area contributed by atoms with Crippen LogP contribution in [0.5, 0.6) is 0 Å². The van der Waals surface area contributed by atoms with Gasteiger partial charge in [0.05, 0.1) is 0 Å². The second-order valence-electron chi connectivity index (χ2n) is 2.56. The SMILES string of the molecule is [CH2][Ge]([CH3])([CH3])[CH3]. The van der Waals surface area contributed by atoms with Crippen molar-refractivity contribution in [3.63, 3.8) is 0 Å². The summed E-state index contributed by atoms with van der Waals surface area (Å²) in [6.07, 6.45) is 0. The maximum atomic E-state index is 3.96. The van der Waals surface area contributed by atoms with Gasteiger partial charge in [-0.2, -0.15) is 0 Å². The van der Waals surface area contributed by atoms with E-state index in [0.717, 1.165) is 0 Å². The first-order chi connectivity index (χ1) is 2.00. The molecule has 1 heteroatoms. The molecule has 0 fully saturated rings. The summed E-state index contributed by atoms with van der Waals surface area (Å²) in [5.41, 5.74) is 0. The van der Waals surface area contributed by atoms with Crippen molar-refractivity contribution in [3.05, 3.63) is 5.76 Å². The van der Waals surface area contributed by atoms with Crippen LogP contribution in [0, 0.1) is 5.76 Å². The van der Waals surface area contributed by atoms with Gasteiger partial charge in [-0.1, -0.05) is 0 Å². The average Bonchev–Trinajstić information content (AvgIpc) is 0.722. The summed E-state index contributed by atoms with van der Waals surface area (Å²) in [5, 5.41) is 0. The molecule has 0 bridgehead atoms. The van der Waals surface area contributed by atoms with Gasteiger partial charge in [0.1, 0.15) is 0 Å². The second kappa shape index (κ2) is 1.33. The molecule has 5 heavy (non-hydrogen) atoms. The summed E-state index contributed by atoms with van der Waals surface area (Å²) in [5.74, 6) is 10.8. The van der Waals surface area contributed by atoms with E-state index in [1.165, 1.54) is 0 Å². The minimum atomic E-state index is -1.25. The predicted octanol–water partition coefficient (Wildman–Crippen LogP) is 1.70. The van der Waals surface area contributed by atoms with Crippen LogP contribution in [0.1, 0.15) is 0 Å². The Labute approximate surface area is 36.9 Å². The van der Waals surface area contributed by atoms with Gasteiger partial charge >= 0.3 is 36.3 Å². The summed E-state index contributed by atoms with van der Waals surface area (Å²) in [4.78, 5) is 0.